The van der Waals surface area contributed by atoms with E-state index < -0.39 is 15.7 Å². The van der Waals surface area contributed by atoms with Crippen LogP contribution in [0.5, 0.6) is 0 Å². The summed E-state index contributed by atoms with van der Waals surface area (Å²) >= 11 is 0. The molecule has 15 heavy (non-hydrogen) atoms. The van der Waals surface area contributed by atoms with Gasteiger partial charge in [-0.05, 0) is 33.6 Å². The first-order valence-electron chi connectivity index (χ1n) is 4.99. The highest BCUT2D eigenvalue weighted by molar-refractivity contribution is 7.87. The Hall–Kier alpha value is -0.570. The van der Waals surface area contributed by atoms with Gasteiger partial charge in [-0.2, -0.15) is 13.1 Å². The van der Waals surface area contributed by atoms with Crippen molar-refractivity contribution in [3.8, 4) is 12.3 Å². The molecule has 4 nitrogen and oxygen atoms in total. The first-order valence-corrected chi connectivity index (χ1v) is 6.47. The van der Waals surface area contributed by atoms with Gasteiger partial charge in [-0.1, -0.05) is 0 Å². The van der Waals surface area contributed by atoms with Gasteiger partial charge in [0.15, 0.2) is 0 Å². The van der Waals surface area contributed by atoms with Crippen LogP contribution in [-0.4, -0.2) is 20.5 Å². The lowest BCUT2D eigenvalue weighted by molar-refractivity contribution is 0.483. The van der Waals surface area contributed by atoms with Gasteiger partial charge in [-0.15, -0.1) is 12.3 Å². The van der Waals surface area contributed by atoms with Crippen LogP contribution in [-0.2, 0) is 10.2 Å². The van der Waals surface area contributed by atoms with E-state index in [4.69, 9.17) is 6.42 Å². The molecule has 0 aromatic rings. The maximum absolute atomic E-state index is 11.4. The summed E-state index contributed by atoms with van der Waals surface area (Å²) < 4.78 is 27.8. The minimum Gasteiger partial charge on any atom is -0.202 e. The van der Waals surface area contributed by atoms with Gasteiger partial charge >= 0.3 is 0 Å². The number of rotatable bonds is 6. The molecule has 0 aliphatic heterocycles. The van der Waals surface area contributed by atoms with Crippen LogP contribution >= 0.6 is 0 Å². The molecule has 5 heteroatoms. The molecule has 0 rings (SSSR count). The normalized spacial score (nSPS) is 12.4. The minimum absolute atomic E-state index is 0.424. The number of unbranched alkanes of at least 4 members (excludes halogenated alkanes) is 2. The molecule has 0 unspecified atom stereocenters. The Morgan fingerprint density at radius 1 is 1.27 bits per heavy atom. The Kier molecular flexibility index (Phi) is 5.88. The molecule has 88 valence electrons. The average Bonchev–Trinajstić information content (AvgIpc) is 1.99. The van der Waals surface area contributed by atoms with Crippen molar-refractivity contribution in [3.63, 3.8) is 0 Å². The van der Waals surface area contributed by atoms with Gasteiger partial charge in [0.25, 0.3) is 10.2 Å². The summed E-state index contributed by atoms with van der Waals surface area (Å²) in [6, 6.07) is 0. The Balaban J connectivity index is 3.82. The molecule has 0 heterocycles. The van der Waals surface area contributed by atoms with E-state index in [1.54, 1.807) is 20.8 Å². The van der Waals surface area contributed by atoms with Crippen LogP contribution < -0.4 is 9.44 Å². The van der Waals surface area contributed by atoms with E-state index in [0.29, 0.717) is 13.0 Å². The van der Waals surface area contributed by atoms with Crippen LogP contribution in [0.2, 0.25) is 0 Å². The van der Waals surface area contributed by atoms with Crippen LogP contribution in [0.15, 0.2) is 0 Å². The maximum Gasteiger partial charge on any atom is 0.277 e. The third kappa shape index (κ3) is 9.73. The second kappa shape index (κ2) is 6.11. The van der Waals surface area contributed by atoms with Gasteiger partial charge in [-0.25, -0.2) is 4.72 Å². The lowest BCUT2D eigenvalue weighted by atomic mass is 10.1. The fourth-order valence-electron chi connectivity index (χ4n) is 0.998. The third-order valence-corrected chi connectivity index (χ3v) is 2.95. The number of nitrogens with one attached hydrogen (secondary N) is 2. The van der Waals surface area contributed by atoms with Crippen molar-refractivity contribution in [1.29, 1.82) is 0 Å². The lowest BCUT2D eigenvalue weighted by Crippen LogP contribution is -2.47. The van der Waals surface area contributed by atoms with E-state index in [2.05, 4.69) is 15.4 Å². The molecule has 0 saturated heterocycles. The number of hydrogen-bond acceptors (Lipinski definition) is 2. The van der Waals surface area contributed by atoms with Crippen molar-refractivity contribution in [2.45, 2.75) is 45.6 Å². The van der Waals surface area contributed by atoms with Crippen molar-refractivity contribution in [1.82, 2.24) is 9.44 Å². The average molecular weight is 232 g/mol. The second-order valence-electron chi connectivity index (χ2n) is 4.41. The highest BCUT2D eigenvalue weighted by Gasteiger charge is 2.18. The zero-order valence-electron chi connectivity index (χ0n) is 9.63. The van der Waals surface area contributed by atoms with Gasteiger partial charge in [0.05, 0.1) is 0 Å². The van der Waals surface area contributed by atoms with Crippen LogP contribution in [0, 0.1) is 12.3 Å². The summed E-state index contributed by atoms with van der Waals surface area (Å²) in [6.07, 6.45) is 7.37. The van der Waals surface area contributed by atoms with Crippen molar-refractivity contribution in [2.24, 2.45) is 0 Å². The molecule has 0 spiro atoms. The van der Waals surface area contributed by atoms with Gasteiger partial charge < -0.3 is 0 Å². The second-order valence-corrected chi connectivity index (χ2v) is 5.91. The van der Waals surface area contributed by atoms with Crippen LogP contribution in [0.25, 0.3) is 0 Å². The van der Waals surface area contributed by atoms with Crippen LogP contribution in [0.3, 0.4) is 0 Å². The van der Waals surface area contributed by atoms with E-state index in [0.717, 1.165) is 12.8 Å². The van der Waals surface area contributed by atoms with Crippen molar-refractivity contribution in [3.05, 3.63) is 0 Å². The molecule has 0 atom stereocenters. The number of hydrogen-bond donors (Lipinski definition) is 2. The van der Waals surface area contributed by atoms with Crippen molar-refractivity contribution >= 4 is 10.2 Å². The summed E-state index contributed by atoms with van der Waals surface area (Å²) in [5.74, 6) is 2.51. The van der Waals surface area contributed by atoms with Gasteiger partial charge in [0, 0.05) is 18.5 Å². The Morgan fingerprint density at radius 2 is 1.87 bits per heavy atom. The van der Waals surface area contributed by atoms with E-state index in [1.165, 1.54) is 0 Å². The summed E-state index contributed by atoms with van der Waals surface area (Å²) in [7, 11) is -3.38. The molecule has 0 bridgehead atoms. The van der Waals surface area contributed by atoms with Crippen molar-refractivity contribution in [2.75, 3.05) is 6.54 Å². The van der Waals surface area contributed by atoms with Crippen LogP contribution in [0.4, 0.5) is 0 Å². The summed E-state index contributed by atoms with van der Waals surface area (Å²) in [5, 5.41) is 0. The summed E-state index contributed by atoms with van der Waals surface area (Å²) in [5.41, 5.74) is -0.454. The fourth-order valence-corrected chi connectivity index (χ4v) is 2.29. The molecule has 0 radical (unpaired) electrons. The molecule has 0 aliphatic carbocycles. The molecule has 2 N–H and O–H groups in total. The van der Waals surface area contributed by atoms with Gasteiger partial charge in [-0.3, -0.25) is 0 Å². The predicted octanol–water partition coefficient (Wildman–Crippen LogP) is 1.01. The SMILES string of the molecule is C#CCCCCNS(=O)(=O)NC(C)(C)C. The first kappa shape index (κ1) is 14.4. The topological polar surface area (TPSA) is 58.2 Å². The largest absolute Gasteiger partial charge is 0.277 e. The smallest absolute Gasteiger partial charge is 0.202 e. The highest BCUT2D eigenvalue weighted by atomic mass is 32.2. The van der Waals surface area contributed by atoms with E-state index in [9.17, 15) is 8.42 Å². The summed E-state index contributed by atoms with van der Waals surface area (Å²) in [6.45, 7) is 5.81. The monoisotopic (exact) mass is 232 g/mol. The molecule has 0 amide bonds. The quantitative estimate of drug-likeness (QED) is 0.530. The maximum atomic E-state index is 11.4. The van der Waals surface area contributed by atoms with Gasteiger partial charge in [0.2, 0.25) is 0 Å². The highest BCUT2D eigenvalue weighted by Crippen LogP contribution is 2.00. The van der Waals surface area contributed by atoms with Crippen molar-refractivity contribution < 1.29 is 8.42 Å². The zero-order valence-corrected chi connectivity index (χ0v) is 10.4. The third-order valence-electron chi connectivity index (χ3n) is 1.48. The zero-order chi connectivity index (χ0) is 11.9. The molecule has 0 aromatic carbocycles. The summed E-state index contributed by atoms with van der Waals surface area (Å²) in [4.78, 5) is 0. The Morgan fingerprint density at radius 3 is 2.33 bits per heavy atom. The number of terminal acetylenes is 1. The predicted molar refractivity (Wildman–Crippen MR) is 62.5 cm³/mol. The Labute approximate surface area is 93.0 Å². The Bertz CT molecular complexity index is 309. The molecule has 0 aromatic heterocycles. The molecular formula is C10H20N2O2S. The van der Waals surface area contributed by atoms with E-state index in [-0.39, 0.29) is 0 Å². The van der Waals surface area contributed by atoms with E-state index >= 15 is 0 Å². The minimum atomic E-state index is -3.38. The molecule has 0 saturated carbocycles. The van der Waals surface area contributed by atoms with Gasteiger partial charge in [0.1, 0.15) is 0 Å². The molecule has 0 aliphatic rings. The lowest BCUT2D eigenvalue weighted by Gasteiger charge is -2.20. The fraction of sp³-hybridized carbons (Fsp3) is 0.800. The molecular weight excluding hydrogens is 212 g/mol. The van der Waals surface area contributed by atoms with E-state index in [1.807, 2.05) is 0 Å². The first-order chi connectivity index (χ1) is 6.77. The molecule has 0 fully saturated rings. The standard InChI is InChI=1S/C10H20N2O2S/c1-5-6-7-8-9-11-15(13,14)12-10(2,3)4/h1,11-12H,6-9H2,2-4H3. The van der Waals surface area contributed by atoms with Crippen LogP contribution in [0.1, 0.15) is 40.0 Å².